The van der Waals surface area contributed by atoms with Crippen LogP contribution in [0.2, 0.25) is 0 Å². The van der Waals surface area contributed by atoms with Crippen molar-refractivity contribution < 1.29 is 14.5 Å². The molecule has 1 aromatic heterocycles. The highest BCUT2D eigenvalue weighted by Crippen LogP contribution is 2.29. The van der Waals surface area contributed by atoms with Gasteiger partial charge in [-0.15, -0.1) is 11.3 Å². The van der Waals surface area contributed by atoms with Gasteiger partial charge in [-0.2, -0.15) is 0 Å². The van der Waals surface area contributed by atoms with Gasteiger partial charge >= 0.3 is 0 Å². The number of piperazine rings is 1. The molecule has 0 spiro atoms. The monoisotopic (exact) mass is 481 g/mol. The fourth-order valence-corrected chi connectivity index (χ4v) is 4.63. The summed E-state index contributed by atoms with van der Waals surface area (Å²) >= 11 is 1.49. The number of nitro benzene ring substituents is 1. The minimum Gasteiger partial charge on any atom is -0.495 e. The Morgan fingerprint density at radius 1 is 1.18 bits per heavy atom. The molecule has 178 valence electrons. The molecule has 10 heteroatoms. The van der Waals surface area contributed by atoms with Gasteiger partial charge in [-0.3, -0.25) is 19.8 Å². The number of hydrogen-bond donors (Lipinski definition) is 1. The standard InChI is InChI=1S/C24H27N5O4S/c1-27-9-11-28(12-10-27)15-17-3-5-18(6-4-17)24-25-19(16-34-24)13-23(30)26-21-14-20(29(31)32)7-8-22(21)33-2/h3-8,14,16H,9-13,15H2,1-2H3,(H,26,30). The molecule has 0 aliphatic carbocycles. The first kappa shape index (κ1) is 23.8. The summed E-state index contributed by atoms with van der Waals surface area (Å²) in [5.41, 5.74) is 3.06. The summed E-state index contributed by atoms with van der Waals surface area (Å²) in [6.45, 7) is 5.30. The second kappa shape index (κ2) is 10.7. The van der Waals surface area contributed by atoms with Crippen molar-refractivity contribution in [2.75, 3.05) is 45.7 Å². The fourth-order valence-electron chi connectivity index (χ4n) is 3.80. The van der Waals surface area contributed by atoms with Gasteiger partial charge in [-0.05, 0) is 18.7 Å². The third-order valence-electron chi connectivity index (χ3n) is 5.76. The summed E-state index contributed by atoms with van der Waals surface area (Å²) in [4.78, 5) is 32.5. The molecule has 2 heterocycles. The highest BCUT2D eigenvalue weighted by molar-refractivity contribution is 7.13. The van der Waals surface area contributed by atoms with E-state index in [-0.39, 0.29) is 23.7 Å². The maximum atomic E-state index is 12.6. The predicted molar refractivity (Wildman–Crippen MR) is 132 cm³/mol. The van der Waals surface area contributed by atoms with Gasteiger partial charge in [0.2, 0.25) is 5.91 Å². The van der Waals surface area contributed by atoms with E-state index in [9.17, 15) is 14.9 Å². The highest BCUT2D eigenvalue weighted by atomic mass is 32.1. The van der Waals surface area contributed by atoms with Crippen LogP contribution >= 0.6 is 11.3 Å². The van der Waals surface area contributed by atoms with Crippen molar-refractivity contribution in [2.45, 2.75) is 13.0 Å². The van der Waals surface area contributed by atoms with Crippen LogP contribution in [0.1, 0.15) is 11.3 Å². The maximum Gasteiger partial charge on any atom is 0.271 e. The molecule has 1 amide bonds. The molecule has 1 aliphatic heterocycles. The number of rotatable bonds is 8. The Labute approximate surface area is 202 Å². The SMILES string of the molecule is COc1ccc([N+](=O)[O-])cc1NC(=O)Cc1csc(-c2ccc(CN3CCN(C)CC3)cc2)n1. The summed E-state index contributed by atoms with van der Waals surface area (Å²) < 4.78 is 5.20. The average Bonchev–Trinajstić information content (AvgIpc) is 3.29. The van der Waals surface area contributed by atoms with Gasteiger partial charge in [-0.25, -0.2) is 4.98 Å². The van der Waals surface area contributed by atoms with Crippen molar-refractivity contribution in [3.63, 3.8) is 0 Å². The number of thiazole rings is 1. The number of nitrogens with one attached hydrogen (secondary N) is 1. The number of methoxy groups -OCH3 is 1. The average molecular weight is 482 g/mol. The lowest BCUT2D eigenvalue weighted by molar-refractivity contribution is -0.384. The zero-order valence-electron chi connectivity index (χ0n) is 19.2. The van der Waals surface area contributed by atoms with E-state index in [1.165, 1.54) is 42.2 Å². The summed E-state index contributed by atoms with van der Waals surface area (Å²) in [7, 11) is 3.60. The van der Waals surface area contributed by atoms with E-state index >= 15 is 0 Å². The molecule has 1 aliphatic rings. The first-order valence-electron chi connectivity index (χ1n) is 11.0. The number of carbonyl (C=O) groups excluding carboxylic acids is 1. The molecule has 1 saturated heterocycles. The third-order valence-corrected chi connectivity index (χ3v) is 6.70. The fraction of sp³-hybridized carbons (Fsp3) is 0.333. The van der Waals surface area contributed by atoms with Gasteiger partial charge in [0.1, 0.15) is 10.8 Å². The summed E-state index contributed by atoms with van der Waals surface area (Å²) in [5, 5.41) is 16.4. The molecule has 0 unspecified atom stereocenters. The van der Waals surface area contributed by atoms with E-state index in [1.807, 2.05) is 5.38 Å². The number of nitrogens with zero attached hydrogens (tertiary/aromatic N) is 4. The van der Waals surface area contributed by atoms with Crippen LogP contribution in [0.5, 0.6) is 5.75 Å². The lowest BCUT2D eigenvalue weighted by Crippen LogP contribution is -2.43. The van der Waals surface area contributed by atoms with Crippen molar-refractivity contribution in [3.05, 3.63) is 69.2 Å². The molecule has 34 heavy (non-hydrogen) atoms. The van der Waals surface area contributed by atoms with Gasteiger partial charge in [0.15, 0.2) is 0 Å². The van der Waals surface area contributed by atoms with E-state index in [0.717, 1.165) is 43.3 Å². The van der Waals surface area contributed by atoms with Crippen LogP contribution in [-0.2, 0) is 17.8 Å². The predicted octanol–water partition coefficient (Wildman–Crippen LogP) is 3.66. The van der Waals surface area contributed by atoms with Crippen LogP contribution in [-0.4, -0.2) is 66.0 Å². The van der Waals surface area contributed by atoms with Gasteiger partial charge in [0.25, 0.3) is 5.69 Å². The summed E-state index contributed by atoms with van der Waals surface area (Å²) in [6.07, 6.45) is 0.0594. The van der Waals surface area contributed by atoms with Crippen molar-refractivity contribution in [1.29, 1.82) is 0 Å². The van der Waals surface area contributed by atoms with Crippen LogP contribution in [0.25, 0.3) is 10.6 Å². The zero-order chi connectivity index (χ0) is 24.1. The lowest BCUT2D eigenvalue weighted by atomic mass is 10.1. The largest absolute Gasteiger partial charge is 0.495 e. The number of carbonyl (C=O) groups is 1. The molecular weight excluding hydrogens is 454 g/mol. The molecule has 0 atom stereocenters. The quantitative estimate of drug-likeness (QED) is 0.387. The number of non-ortho nitro benzene ring substituents is 1. The molecule has 3 aromatic rings. The Morgan fingerprint density at radius 3 is 2.59 bits per heavy atom. The molecule has 0 saturated carbocycles. The van der Waals surface area contributed by atoms with Crippen LogP contribution in [0, 0.1) is 10.1 Å². The van der Waals surface area contributed by atoms with E-state index in [0.29, 0.717) is 11.4 Å². The van der Waals surface area contributed by atoms with E-state index < -0.39 is 4.92 Å². The van der Waals surface area contributed by atoms with Crippen molar-refractivity contribution in [3.8, 4) is 16.3 Å². The number of benzene rings is 2. The second-order valence-electron chi connectivity index (χ2n) is 8.29. The Balaban J connectivity index is 1.36. The number of nitro groups is 1. The van der Waals surface area contributed by atoms with E-state index in [1.54, 1.807) is 0 Å². The minimum absolute atomic E-state index is 0.0594. The molecule has 4 rings (SSSR count). The van der Waals surface area contributed by atoms with Crippen LogP contribution < -0.4 is 10.1 Å². The number of anilines is 1. The molecule has 0 bridgehead atoms. The normalized spacial score (nSPS) is 14.6. The Morgan fingerprint density at radius 2 is 1.91 bits per heavy atom. The maximum absolute atomic E-state index is 12.6. The van der Waals surface area contributed by atoms with Gasteiger partial charge in [0.05, 0.1) is 29.8 Å². The number of likely N-dealkylation sites (N-methyl/N-ethyl adjacent to an activating group) is 1. The lowest BCUT2D eigenvalue weighted by Gasteiger charge is -2.32. The van der Waals surface area contributed by atoms with Crippen molar-refractivity contribution in [1.82, 2.24) is 14.8 Å². The summed E-state index contributed by atoms with van der Waals surface area (Å²) in [6, 6.07) is 12.5. The molecule has 1 fully saturated rings. The second-order valence-corrected chi connectivity index (χ2v) is 9.15. The topological polar surface area (TPSA) is 101 Å². The van der Waals surface area contributed by atoms with Crippen LogP contribution in [0.3, 0.4) is 0 Å². The highest BCUT2D eigenvalue weighted by Gasteiger charge is 2.16. The minimum atomic E-state index is -0.516. The van der Waals surface area contributed by atoms with Gasteiger partial charge in [0, 0.05) is 55.8 Å². The number of amides is 1. The van der Waals surface area contributed by atoms with Gasteiger partial charge in [-0.1, -0.05) is 24.3 Å². The molecule has 0 radical (unpaired) electrons. The zero-order valence-corrected chi connectivity index (χ0v) is 20.0. The Kier molecular flexibility index (Phi) is 7.51. The van der Waals surface area contributed by atoms with Crippen LogP contribution in [0.15, 0.2) is 47.8 Å². The Hall–Kier alpha value is -3.34. The molecule has 9 nitrogen and oxygen atoms in total. The number of hydrogen-bond acceptors (Lipinski definition) is 8. The molecule has 1 N–H and O–H groups in total. The summed E-state index contributed by atoms with van der Waals surface area (Å²) in [5.74, 6) is 0.0350. The van der Waals surface area contributed by atoms with E-state index in [4.69, 9.17) is 4.74 Å². The van der Waals surface area contributed by atoms with Crippen LogP contribution in [0.4, 0.5) is 11.4 Å². The van der Waals surface area contributed by atoms with Gasteiger partial charge < -0.3 is 15.0 Å². The van der Waals surface area contributed by atoms with Crippen molar-refractivity contribution in [2.24, 2.45) is 0 Å². The first-order chi connectivity index (χ1) is 16.4. The number of ether oxygens (including phenoxy) is 1. The van der Waals surface area contributed by atoms with E-state index in [2.05, 4.69) is 51.4 Å². The van der Waals surface area contributed by atoms with Crippen molar-refractivity contribution >= 4 is 28.6 Å². The first-order valence-corrected chi connectivity index (χ1v) is 11.9. The molecular formula is C24H27N5O4S. The smallest absolute Gasteiger partial charge is 0.271 e. The molecule has 2 aromatic carbocycles. The number of aromatic nitrogens is 1. The Bertz CT molecular complexity index is 1160. The third kappa shape index (κ3) is 5.96.